The molecule has 4 rings (SSSR count). The van der Waals surface area contributed by atoms with Crippen LogP contribution in [0.3, 0.4) is 0 Å². The lowest BCUT2D eigenvalue weighted by atomic mass is 9.79. The first-order chi connectivity index (χ1) is 15.2. The molecule has 5 N–H and O–H groups in total. The summed E-state index contributed by atoms with van der Waals surface area (Å²) in [4.78, 5) is 12.2. The Labute approximate surface area is 185 Å². The van der Waals surface area contributed by atoms with Crippen LogP contribution in [-0.4, -0.2) is 100 Å². The predicted octanol–water partition coefficient (Wildman–Crippen LogP) is -1.60. The lowest BCUT2D eigenvalue weighted by Crippen LogP contribution is -2.54. The van der Waals surface area contributed by atoms with Crippen molar-refractivity contribution in [3.63, 3.8) is 0 Å². The Bertz CT molecular complexity index is 727. The molecule has 0 amide bonds. The number of epoxide rings is 1. The van der Waals surface area contributed by atoms with E-state index in [4.69, 9.17) is 23.7 Å². The van der Waals surface area contributed by atoms with E-state index in [0.29, 0.717) is 5.57 Å². The molecule has 3 aliphatic heterocycles. The molecule has 11 heteroatoms. The van der Waals surface area contributed by atoms with E-state index in [1.165, 1.54) is 6.26 Å². The van der Waals surface area contributed by atoms with E-state index in [1.807, 2.05) is 13.8 Å². The van der Waals surface area contributed by atoms with Crippen molar-refractivity contribution in [2.45, 2.75) is 75.4 Å². The maximum absolute atomic E-state index is 12.2. The molecule has 182 valence electrons. The van der Waals surface area contributed by atoms with Gasteiger partial charge in [0.15, 0.2) is 6.29 Å². The number of aliphatic hydroxyl groups is 5. The molecule has 0 unspecified atom stereocenters. The Balaban J connectivity index is 1.48. The van der Waals surface area contributed by atoms with Crippen molar-refractivity contribution in [1.82, 2.24) is 0 Å². The van der Waals surface area contributed by atoms with Crippen molar-refractivity contribution in [2.75, 3.05) is 19.8 Å². The maximum atomic E-state index is 12.2. The van der Waals surface area contributed by atoms with Crippen molar-refractivity contribution in [3.05, 3.63) is 11.8 Å². The molecule has 0 bridgehead atoms. The number of rotatable bonds is 8. The van der Waals surface area contributed by atoms with Crippen molar-refractivity contribution in [2.24, 2.45) is 17.8 Å². The third-order valence-corrected chi connectivity index (χ3v) is 6.61. The average molecular weight is 460 g/mol. The first kappa shape index (κ1) is 23.8. The van der Waals surface area contributed by atoms with Gasteiger partial charge in [-0.2, -0.15) is 0 Å². The highest BCUT2D eigenvalue weighted by molar-refractivity contribution is 5.69. The molecule has 1 saturated carbocycles. The van der Waals surface area contributed by atoms with Gasteiger partial charge in [-0.1, -0.05) is 13.8 Å². The molecule has 0 aromatic carbocycles. The van der Waals surface area contributed by atoms with Crippen LogP contribution in [0.2, 0.25) is 0 Å². The molecule has 0 spiro atoms. The lowest BCUT2D eigenvalue weighted by molar-refractivity contribution is -0.270. The van der Waals surface area contributed by atoms with Crippen LogP contribution < -0.4 is 0 Å². The average Bonchev–Trinajstić information content (AvgIpc) is 3.50. The Morgan fingerprint density at radius 1 is 1.25 bits per heavy atom. The third-order valence-electron chi connectivity index (χ3n) is 6.61. The van der Waals surface area contributed by atoms with Gasteiger partial charge in [-0.3, -0.25) is 4.79 Å². The number of aliphatic hydroxyl groups excluding tert-OH is 4. The van der Waals surface area contributed by atoms with Gasteiger partial charge >= 0.3 is 5.97 Å². The molecular weight excluding hydrogens is 428 g/mol. The summed E-state index contributed by atoms with van der Waals surface area (Å²) in [5.41, 5.74) is -1.09. The van der Waals surface area contributed by atoms with Gasteiger partial charge in [0.25, 0.3) is 0 Å². The molecule has 2 saturated heterocycles. The van der Waals surface area contributed by atoms with Crippen molar-refractivity contribution >= 4 is 5.97 Å². The van der Waals surface area contributed by atoms with Crippen molar-refractivity contribution < 1.29 is 54.0 Å². The minimum absolute atomic E-state index is 0.0819. The van der Waals surface area contributed by atoms with E-state index in [-0.39, 0.29) is 32.0 Å². The minimum Gasteiger partial charge on any atom is -0.462 e. The quantitative estimate of drug-likeness (QED) is 0.209. The largest absolute Gasteiger partial charge is 0.462 e. The zero-order valence-electron chi connectivity index (χ0n) is 18.1. The van der Waals surface area contributed by atoms with Crippen LogP contribution in [0.4, 0.5) is 0 Å². The number of fused-ring (bicyclic) bond motifs is 3. The summed E-state index contributed by atoms with van der Waals surface area (Å²) in [5.74, 6) is -1.62. The highest BCUT2D eigenvalue weighted by Crippen LogP contribution is 2.58. The molecule has 3 fully saturated rings. The van der Waals surface area contributed by atoms with Gasteiger partial charge in [0, 0.05) is 18.8 Å². The van der Waals surface area contributed by atoms with E-state index in [0.717, 1.165) is 0 Å². The highest BCUT2D eigenvalue weighted by Gasteiger charge is 2.74. The van der Waals surface area contributed by atoms with Crippen molar-refractivity contribution in [1.29, 1.82) is 0 Å². The van der Waals surface area contributed by atoms with E-state index in [2.05, 4.69) is 0 Å². The SMILES string of the molecule is CC(C)CC(=O)O[C@@H]1OC=C(CO[C@@H]2O[C@H](CO)C[C@H](O)[C@H]2O)[C@H]2[C@@H]3O[C@@H]3[C@@](O)(CO)[C@@H]12. The number of carbonyl (C=O) groups excluding carboxylic acids is 1. The Hall–Kier alpha value is -1.31. The summed E-state index contributed by atoms with van der Waals surface area (Å²) in [6, 6.07) is 0. The molecule has 3 heterocycles. The lowest BCUT2D eigenvalue weighted by Gasteiger charge is -2.41. The number of esters is 1. The van der Waals surface area contributed by atoms with Crippen LogP contribution in [0.25, 0.3) is 0 Å². The van der Waals surface area contributed by atoms with Gasteiger partial charge in [0.05, 0.1) is 50.3 Å². The summed E-state index contributed by atoms with van der Waals surface area (Å²) >= 11 is 0. The fourth-order valence-electron chi connectivity index (χ4n) is 4.96. The molecule has 32 heavy (non-hydrogen) atoms. The molecule has 10 atom stereocenters. The number of ether oxygens (including phenoxy) is 5. The topological polar surface area (TPSA) is 168 Å². The molecular formula is C21H32O11. The number of hydrogen-bond acceptors (Lipinski definition) is 11. The Morgan fingerprint density at radius 3 is 2.66 bits per heavy atom. The zero-order valence-corrected chi connectivity index (χ0v) is 18.1. The standard InChI is InChI=1S/C21H32O11/c1-9(2)3-13(25)31-19-15-14(17-18(32-17)21(15,27)8-23)10(6-28-19)7-29-20-16(26)12(24)4-11(5-22)30-20/h6,9,11-12,14-20,22-24,26-27H,3-5,7-8H2,1-2H3/t11-,12-,14+,15+,16+,17-,18-,19-,20+,21+/m0/s1. The summed E-state index contributed by atoms with van der Waals surface area (Å²) in [6.45, 7) is 2.74. The third kappa shape index (κ3) is 4.28. The second-order valence-corrected chi connectivity index (χ2v) is 9.42. The van der Waals surface area contributed by atoms with Crippen LogP contribution in [0.5, 0.6) is 0 Å². The highest BCUT2D eigenvalue weighted by atomic mass is 16.7. The van der Waals surface area contributed by atoms with E-state index in [9.17, 15) is 30.3 Å². The first-order valence-electron chi connectivity index (χ1n) is 11.0. The smallest absolute Gasteiger partial charge is 0.309 e. The van der Waals surface area contributed by atoms with Gasteiger partial charge < -0.3 is 49.2 Å². The summed E-state index contributed by atoms with van der Waals surface area (Å²) in [5, 5.41) is 50.5. The monoisotopic (exact) mass is 460 g/mol. The molecule has 0 aromatic rings. The Morgan fingerprint density at radius 2 is 2.00 bits per heavy atom. The fraction of sp³-hybridized carbons (Fsp3) is 0.857. The normalized spacial score (nSPS) is 45.0. The van der Waals surface area contributed by atoms with Gasteiger partial charge in [0.2, 0.25) is 6.29 Å². The van der Waals surface area contributed by atoms with Crippen LogP contribution in [0, 0.1) is 17.8 Å². The second kappa shape index (κ2) is 9.15. The summed E-state index contributed by atoms with van der Waals surface area (Å²) in [6.07, 6.45) is -4.74. The molecule has 1 aliphatic carbocycles. The molecule has 0 aromatic heterocycles. The van der Waals surface area contributed by atoms with Gasteiger partial charge in [0.1, 0.15) is 17.8 Å². The van der Waals surface area contributed by atoms with E-state index < -0.39 is 73.1 Å². The minimum atomic E-state index is -1.66. The van der Waals surface area contributed by atoms with Crippen LogP contribution in [-0.2, 0) is 28.5 Å². The molecule has 11 nitrogen and oxygen atoms in total. The van der Waals surface area contributed by atoms with Crippen molar-refractivity contribution in [3.8, 4) is 0 Å². The summed E-state index contributed by atoms with van der Waals surface area (Å²) in [7, 11) is 0. The van der Waals surface area contributed by atoms with Crippen LogP contribution in [0.1, 0.15) is 26.7 Å². The predicted molar refractivity (Wildman–Crippen MR) is 105 cm³/mol. The summed E-state index contributed by atoms with van der Waals surface area (Å²) < 4.78 is 27.9. The van der Waals surface area contributed by atoms with Gasteiger partial charge in [-0.25, -0.2) is 0 Å². The van der Waals surface area contributed by atoms with E-state index in [1.54, 1.807) is 0 Å². The van der Waals surface area contributed by atoms with E-state index >= 15 is 0 Å². The first-order valence-corrected chi connectivity index (χ1v) is 11.0. The maximum Gasteiger partial charge on any atom is 0.309 e. The zero-order chi connectivity index (χ0) is 23.2. The van der Waals surface area contributed by atoms with Crippen LogP contribution in [0.15, 0.2) is 11.8 Å². The second-order valence-electron chi connectivity index (χ2n) is 9.42. The Kier molecular flexibility index (Phi) is 6.81. The molecule has 0 radical (unpaired) electrons. The molecule has 4 aliphatic rings. The number of carbonyl (C=O) groups is 1. The van der Waals surface area contributed by atoms with Gasteiger partial charge in [-0.05, 0) is 11.5 Å². The van der Waals surface area contributed by atoms with Gasteiger partial charge in [-0.15, -0.1) is 0 Å². The number of hydrogen-bond donors (Lipinski definition) is 5. The fourth-order valence-corrected chi connectivity index (χ4v) is 4.96. The van der Waals surface area contributed by atoms with Crippen LogP contribution >= 0.6 is 0 Å².